The zero-order valence-corrected chi connectivity index (χ0v) is 12.6. The number of carbonyl (C=O) groups excluding carboxylic acids is 1. The summed E-state index contributed by atoms with van der Waals surface area (Å²) in [6.45, 7) is 8.59. The first kappa shape index (κ1) is 17.7. The van der Waals surface area contributed by atoms with Gasteiger partial charge in [0.2, 0.25) is 0 Å². The molecule has 5 heteroatoms. The zero-order chi connectivity index (χ0) is 14.8. The van der Waals surface area contributed by atoms with Crippen molar-refractivity contribution in [3.63, 3.8) is 0 Å². The van der Waals surface area contributed by atoms with E-state index in [9.17, 15) is 9.59 Å². The maximum Gasteiger partial charge on any atom is 0.326 e. The minimum absolute atomic E-state index is 0.0768. The van der Waals surface area contributed by atoms with Crippen molar-refractivity contribution in [3.05, 3.63) is 0 Å². The van der Waals surface area contributed by atoms with Crippen LogP contribution in [0.25, 0.3) is 0 Å². The lowest BCUT2D eigenvalue weighted by Gasteiger charge is -2.28. The smallest absolute Gasteiger partial charge is 0.326 e. The van der Waals surface area contributed by atoms with Crippen LogP contribution in [0.2, 0.25) is 0 Å². The number of rotatable bonds is 9. The topological polar surface area (TPSA) is 69.6 Å². The maximum atomic E-state index is 12.1. The van der Waals surface area contributed by atoms with Gasteiger partial charge in [-0.1, -0.05) is 33.1 Å². The Kier molecular flexibility index (Phi) is 9.00. The van der Waals surface area contributed by atoms with Crippen molar-refractivity contribution in [2.45, 2.75) is 71.9 Å². The number of hydrogen-bond donors (Lipinski definition) is 2. The van der Waals surface area contributed by atoms with Gasteiger partial charge in [0.25, 0.3) is 0 Å². The minimum Gasteiger partial charge on any atom is -0.480 e. The summed E-state index contributed by atoms with van der Waals surface area (Å²) in [6, 6.07) is -0.982. The number of amides is 2. The highest BCUT2D eigenvalue weighted by atomic mass is 16.4. The molecule has 2 N–H and O–H groups in total. The summed E-state index contributed by atoms with van der Waals surface area (Å²) < 4.78 is 0. The quantitative estimate of drug-likeness (QED) is 0.634. The van der Waals surface area contributed by atoms with Gasteiger partial charge in [0.05, 0.1) is 0 Å². The number of nitrogens with zero attached hydrogens (tertiary/aromatic N) is 1. The average molecular weight is 272 g/mol. The highest BCUT2D eigenvalue weighted by Gasteiger charge is 2.23. The van der Waals surface area contributed by atoms with E-state index in [4.69, 9.17) is 5.11 Å². The monoisotopic (exact) mass is 272 g/mol. The van der Waals surface area contributed by atoms with Gasteiger partial charge in [-0.2, -0.15) is 0 Å². The van der Waals surface area contributed by atoms with Crippen molar-refractivity contribution in [3.8, 4) is 0 Å². The van der Waals surface area contributed by atoms with Crippen molar-refractivity contribution in [2.75, 3.05) is 6.54 Å². The van der Waals surface area contributed by atoms with Gasteiger partial charge in [-0.15, -0.1) is 0 Å². The van der Waals surface area contributed by atoms with Crippen LogP contribution >= 0.6 is 0 Å². The number of carboxylic acids is 1. The SMILES string of the molecule is CCCCCN(C(=O)N[C@@H](CCC)C(=O)O)C(C)C. The van der Waals surface area contributed by atoms with Crippen LogP contribution in [0.5, 0.6) is 0 Å². The molecule has 2 amide bonds. The summed E-state index contributed by atoms with van der Waals surface area (Å²) in [5.41, 5.74) is 0. The molecular formula is C14H28N2O3. The average Bonchev–Trinajstić information content (AvgIpc) is 2.33. The molecule has 0 radical (unpaired) electrons. The Hall–Kier alpha value is -1.26. The summed E-state index contributed by atoms with van der Waals surface area (Å²) in [4.78, 5) is 24.9. The summed E-state index contributed by atoms with van der Waals surface area (Å²) in [5.74, 6) is -0.965. The summed E-state index contributed by atoms with van der Waals surface area (Å²) in [6.07, 6.45) is 4.32. The molecule has 0 aromatic rings. The highest BCUT2D eigenvalue weighted by molar-refractivity contribution is 5.82. The van der Waals surface area contributed by atoms with Crippen LogP contribution in [0, 0.1) is 0 Å². The van der Waals surface area contributed by atoms with E-state index in [0.29, 0.717) is 13.0 Å². The standard InChI is InChI=1S/C14H28N2O3/c1-5-7-8-10-16(11(3)4)14(19)15-12(9-6-2)13(17)18/h11-12H,5-10H2,1-4H3,(H,15,19)(H,17,18)/t12-/m0/s1. The predicted octanol–water partition coefficient (Wildman–Crippen LogP) is 2.85. The molecule has 112 valence electrons. The molecule has 0 aromatic carbocycles. The fourth-order valence-electron chi connectivity index (χ4n) is 1.90. The van der Waals surface area contributed by atoms with Gasteiger partial charge in [0.15, 0.2) is 0 Å². The molecule has 0 fully saturated rings. The Bertz CT molecular complexity index is 280. The maximum absolute atomic E-state index is 12.1. The third-order valence-corrected chi connectivity index (χ3v) is 3.06. The zero-order valence-electron chi connectivity index (χ0n) is 12.6. The molecule has 0 unspecified atom stereocenters. The first-order chi connectivity index (χ1) is 8.93. The summed E-state index contributed by atoms with van der Waals surface area (Å²) in [5, 5.41) is 11.7. The number of aliphatic carboxylic acids is 1. The fraction of sp³-hybridized carbons (Fsp3) is 0.857. The van der Waals surface area contributed by atoms with Gasteiger partial charge in [-0.3, -0.25) is 0 Å². The Labute approximate surface area is 116 Å². The van der Waals surface area contributed by atoms with Crippen molar-refractivity contribution < 1.29 is 14.7 Å². The van der Waals surface area contributed by atoms with Crippen molar-refractivity contribution in [1.82, 2.24) is 10.2 Å². The molecule has 0 aliphatic carbocycles. The van der Waals surface area contributed by atoms with Crippen LogP contribution in [0.1, 0.15) is 59.8 Å². The number of hydrogen-bond acceptors (Lipinski definition) is 2. The molecule has 0 saturated heterocycles. The van der Waals surface area contributed by atoms with E-state index < -0.39 is 12.0 Å². The first-order valence-corrected chi connectivity index (χ1v) is 7.23. The molecule has 1 atom stereocenters. The molecule has 0 heterocycles. The minimum atomic E-state index is -0.965. The Morgan fingerprint density at radius 1 is 1.16 bits per heavy atom. The summed E-state index contributed by atoms with van der Waals surface area (Å²) >= 11 is 0. The number of carbonyl (C=O) groups is 2. The van der Waals surface area contributed by atoms with Crippen molar-refractivity contribution in [2.24, 2.45) is 0 Å². The van der Waals surface area contributed by atoms with E-state index in [2.05, 4.69) is 12.2 Å². The van der Waals surface area contributed by atoms with Crippen molar-refractivity contribution in [1.29, 1.82) is 0 Å². The number of carboxylic acid groups (broad SMARTS) is 1. The van der Waals surface area contributed by atoms with Gasteiger partial charge in [0, 0.05) is 12.6 Å². The lowest BCUT2D eigenvalue weighted by molar-refractivity contribution is -0.139. The van der Waals surface area contributed by atoms with E-state index in [-0.39, 0.29) is 12.1 Å². The second-order valence-corrected chi connectivity index (χ2v) is 5.12. The number of nitrogens with one attached hydrogen (secondary N) is 1. The molecule has 0 aliphatic rings. The van der Waals surface area contributed by atoms with E-state index in [1.54, 1.807) is 4.90 Å². The van der Waals surface area contributed by atoms with Gasteiger partial charge >= 0.3 is 12.0 Å². The van der Waals surface area contributed by atoms with E-state index >= 15 is 0 Å². The molecule has 19 heavy (non-hydrogen) atoms. The van der Waals surface area contributed by atoms with E-state index in [1.165, 1.54) is 0 Å². The molecular weight excluding hydrogens is 244 g/mol. The van der Waals surface area contributed by atoms with Gasteiger partial charge in [-0.25, -0.2) is 9.59 Å². The lowest BCUT2D eigenvalue weighted by atomic mass is 10.1. The predicted molar refractivity (Wildman–Crippen MR) is 76.2 cm³/mol. The van der Waals surface area contributed by atoms with Gasteiger partial charge in [-0.05, 0) is 26.7 Å². The summed E-state index contributed by atoms with van der Waals surface area (Å²) in [7, 11) is 0. The normalized spacial score (nSPS) is 12.3. The second-order valence-electron chi connectivity index (χ2n) is 5.12. The van der Waals surface area contributed by atoms with Crippen molar-refractivity contribution >= 4 is 12.0 Å². The van der Waals surface area contributed by atoms with Gasteiger partial charge in [0.1, 0.15) is 6.04 Å². The van der Waals surface area contributed by atoms with Crippen LogP contribution < -0.4 is 5.32 Å². The third-order valence-electron chi connectivity index (χ3n) is 3.06. The van der Waals surface area contributed by atoms with E-state index in [0.717, 1.165) is 25.7 Å². The lowest BCUT2D eigenvalue weighted by Crippen LogP contribution is -2.50. The van der Waals surface area contributed by atoms with Crippen LogP contribution in [-0.4, -0.2) is 40.6 Å². The number of unbranched alkanes of at least 4 members (excludes halogenated alkanes) is 2. The Morgan fingerprint density at radius 3 is 2.21 bits per heavy atom. The molecule has 0 bridgehead atoms. The fourth-order valence-corrected chi connectivity index (χ4v) is 1.90. The Morgan fingerprint density at radius 2 is 1.79 bits per heavy atom. The van der Waals surface area contributed by atoms with Gasteiger partial charge < -0.3 is 15.3 Å². The third kappa shape index (κ3) is 7.03. The molecule has 5 nitrogen and oxygen atoms in total. The Balaban J connectivity index is 4.48. The largest absolute Gasteiger partial charge is 0.480 e. The molecule has 0 saturated carbocycles. The second kappa shape index (κ2) is 9.64. The highest BCUT2D eigenvalue weighted by Crippen LogP contribution is 2.06. The molecule has 0 rings (SSSR count). The number of urea groups is 1. The van der Waals surface area contributed by atoms with Crippen LogP contribution in [-0.2, 0) is 4.79 Å². The molecule has 0 spiro atoms. The molecule has 0 aromatic heterocycles. The van der Waals surface area contributed by atoms with Crippen LogP contribution in [0.3, 0.4) is 0 Å². The van der Waals surface area contributed by atoms with E-state index in [1.807, 2.05) is 20.8 Å². The van der Waals surface area contributed by atoms with Crippen LogP contribution in [0.4, 0.5) is 4.79 Å². The first-order valence-electron chi connectivity index (χ1n) is 7.23. The van der Waals surface area contributed by atoms with Crippen LogP contribution in [0.15, 0.2) is 0 Å². The molecule has 0 aliphatic heterocycles.